The van der Waals surface area contributed by atoms with Gasteiger partial charge in [0, 0.05) is 20.4 Å². The number of hydrogen-bond acceptors (Lipinski definition) is 6. The fourth-order valence-corrected chi connectivity index (χ4v) is 2.34. The van der Waals surface area contributed by atoms with Gasteiger partial charge in [-0.3, -0.25) is 9.59 Å². The van der Waals surface area contributed by atoms with Gasteiger partial charge in [-0.05, 0) is 0 Å². The average Bonchev–Trinajstić information content (AvgIpc) is 2.79. The fraction of sp³-hybridized carbons (Fsp3) is 0.636. The summed E-state index contributed by atoms with van der Waals surface area (Å²) in [5, 5.41) is 11.1. The highest BCUT2D eigenvalue weighted by molar-refractivity contribution is 8.14. The van der Waals surface area contributed by atoms with Crippen molar-refractivity contribution in [2.45, 2.75) is 25.5 Å². The fourth-order valence-electron chi connectivity index (χ4n) is 1.85. The first-order chi connectivity index (χ1) is 9.35. The third-order valence-electron chi connectivity index (χ3n) is 2.74. The quantitative estimate of drug-likeness (QED) is 0.731. The Hall–Kier alpha value is -1.77. The number of likely N-dealkylation sites (tertiary alicyclic amines) is 1. The summed E-state index contributed by atoms with van der Waals surface area (Å²) in [5.41, 5.74) is 0. The van der Waals surface area contributed by atoms with Crippen molar-refractivity contribution >= 4 is 34.8 Å². The molecule has 0 aliphatic carbocycles. The number of carbonyl (C=O) groups excluding carboxylic acids is 3. The van der Waals surface area contributed by atoms with Gasteiger partial charge >= 0.3 is 12.1 Å². The van der Waals surface area contributed by atoms with E-state index in [0.717, 1.165) is 16.7 Å². The maximum atomic E-state index is 11.9. The van der Waals surface area contributed by atoms with Crippen LogP contribution in [0.2, 0.25) is 0 Å². The van der Waals surface area contributed by atoms with E-state index in [1.165, 1.54) is 14.0 Å². The molecule has 9 heteroatoms. The van der Waals surface area contributed by atoms with E-state index in [9.17, 15) is 19.2 Å². The van der Waals surface area contributed by atoms with E-state index >= 15 is 0 Å². The first-order valence-electron chi connectivity index (χ1n) is 5.89. The molecule has 0 aromatic carbocycles. The number of nitrogens with zero attached hydrogens (tertiary/aromatic N) is 1. The molecule has 0 unspecified atom stereocenters. The van der Waals surface area contributed by atoms with Gasteiger partial charge in [0.2, 0.25) is 5.91 Å². The highest BCUT2D eigenvalue weighted by Crippen LogP contribution is 2.22. The molecule has 1 heterocycles. The van der Waals surface area contributed by atoms with Crippen molar-refractivity contribution in [3.05, 3.63) is 0 Å². The highest BCUT2D eigenvalue weighted by atomic mass is 32.2. The second-order valence-electron chi connectivity index (χ2n) is 4.19. The van der Waals surface area contributed by atoms with Crippen molar-refractivity contribution in [1.29, 1.82) is 0 Å². The number of carbonyl (C=O) groups is 4. The molecule has 0 aromatic heterocycles. The highest BCUT2D eigenvalue weighted by Gasteiger charge is 2.41. The number of carboxylic acids is 1. The Morgan fingerprint density at radius 3 is 2.55 bits per heavy atom. The minimum Gasteiger partial charge on any atom is -0.480 e. The number of aliphatic carboxylic acids is 1. The molecule has 1 aliphatic rings. The van der Waals surface area contributed by atoms with Crippen molar-refractivity contribution in [2.24, 2.45) is 0 Å². The number of amides is 2. The number of alkyl carbamates (subject to hydrolysis) is 1. The summed E-state index contributed by atoms with van der Waals surface area (Å²) in [6.45, 7) is 1.34. The Labute approximate surface area is 119 Å². The molecule has 20 heavy (non-hydrogen) atoms. The van der Waals surface area contributed by atoms with Crippen LogP contribution in [0.1, 0.15) is 13.3 Å². The van der Waals surface area contributed by atoms with Crippen molar-refractivity contribution in [1.82, 2.24) is 10.2 Å². The second-order valence-corrected chi connectivity index (χ2v) is 5.35. The molecule has 0 aromatic rings. The molecular formula is C11H16N2O6S. The van der Waals surface area contributed by atoms with Crippen LogP contribution in [0.3, 0.4) is 0 Å². The zero-order valence-corrected chi connectivity index (χ0v) is 11.9. The van der Waals surface area contributed by atoms with Crippen LogP contribution >= 0.6 is 11.8 Å². The van der Waals surface area contributed by atoms with E-state index < -0.39 is 30.1 Å². The molecule has 1 aliphatic heterocycles. The predicted octanol–water partition coefficient (Wildman–Crippen LogP) is -0.324. The van der Waals surface area contributed by atoms with Crippen LogP contribution < -0.4 is 5.32 Å². The number of nitrogens with one attached hydrogen (secondary N) is 1. The summed E-state index contributed by atoms with van der Waals surface area (Å²) in [6, 6.07) is -1.04. The SMILES string of the molecule is CNC(=O)O[C@@H]1C[C@@H](C(=O)O)N(C(=O)CSC(C)=O)C1. The molecule has 112 valence electrons. The monoisotopic (exact) mass is 304 g/mol. The van der Waals surface area contributed by atoms with E-state index in [1.54, 1.807) is 0 Å². The van der Waals surface area contributed by atoms with Crippen LogP contribution in [-0.2, 0) is 19.1 Å². The Kier molecular flexibility index (Phi) is 5.81. The van der Waals surface area contributed by atoms with Gasteiger partial charge < -0.3 is 20.1 Å². The summed E-state index contributed by atoms with van der Waals surface area (Å²) in [5.74, 6) is -1.74. The number of hydrogen-bond donors (Lipinski definition) is 2. The molecule has 1 rings (SSSR count). The summed E-state index contributed by atoms with van der Waals surface area (Å²) < 4.78 is 4.97. The molecule has 2 atom stereocenters. The van der Waals surface area contributed by atoms with E-state index in [-0.39, 0.29) is 23.8 Å². The van der Waals surface area contributed by atoms with Gasteiger partial charge in [0.05, 0.1) is 12.3 Å². The lowest BCUT2D eigenvalue weighted by molar-refractivity contribution is -0.147. The topological polar surface area (TPSA) is 113 Å². The largest absolute Gasteiger partial charge is 0.480 e. The maximum absolute atomic E-state index is 11.9. The lowest BCUT2D eigenvalue weighted by atomic mass is 10.2. The van der Waals surface area contributed by atoms with Crippen molar-refractivity contribution < 1.29 is 29.0 Å². The summed E-state index contributed by atoms with van der Waals surface area (Å²) in [6.07, 6.45) is -1.30. The third kappa shape index (κ3) is 4.41. The van der Waals surface area contributed by atoms with Gasteiger partial charge in [0.15, 0.2) is 5.12 Å². The van der Waals surface area contributed by atoms with Gasteiger partial charge in [0.25, 0.3) is 0 Å². The minimum absolute atomic E-state index is 0.0156. The molecule has 1 saturated heterocycles. The average molecular weight is 304 g/mol. The molecule has 2 N–H and O–H groups in total. The van der Waals surface area contributed by atoms with Crippen LogP contribution in [0, 0.1) is 0 Å². The molecule has 0 radical (unpaired) electrons. The van der Waals surface area contributed by atoms with Gasteiger partial charge in [-0.25, -0.2) is 9.59 Å². The van der Waals surface area contributed by atoms with Gasteiger partial charge in [-0.1, -0.05) is 11.8 Å². The van der Waals surface area contributed by atoms with E-state index in [1.807, 2.05) is 0 Å². The normalized spacial score (nSPS) is 21.4. The number of carboxylic acid groups (broad SMARTS) is 1. The summed E-state index contributed by atoms with van der Waals surface area (Å²) >= 11 is 0.816. The molecule has 8 nitrogen and oxygen atoms in total. The third-order valence-corrected chi connectivity index (χ3v) is 3.54. The van der Waals surface area contributed by atoms with Crippen LogP contribution in [-0.4, -0.2) is 64.6 Å². The molecular weight excluding hydrogens is 288 g/mol. The van der Waals surface area contributed by atoms with Crippen LogP contribution in [0.15, 0.2) is 0 Å². The molecule has 2 amide bonds. The Balaban J connectivity index is 2.67. The van der Waals surface area contributed by atoms with Crippen molar-refractivity contribution in [3.8, 4) is 0 Å². The number of ether oxygens (including phenoxy) is 1. The number of thioether (sulfide) groups is 1. The molecule has 0 saturated carbocycles. The Bertz CT molecular complexity index is 427. The van der Waals surface area contributed by atoms with E-state index in [4.69, 9.17) is 9.84 Å². The number of rotatable bonds is 4. The maximum Gasteiger partial charge on any atom is 0.407 e. The zero-order chi connectivity index (χ0) is 15.3. The minimum atomic E-state index is -1.16. The summed E-state index contributed by atoms with van der Waals surface area (Å²) in [7, 11) is 1.39. The van der Waals surface area contributed by atoms with Crippen molar-refractivity contribution in [3.63, 3.8) is 0 Å². The Morgan fingerprint density at radius 2 is 2.05 bits per heavy atom. The standard InChI is InChI=1S/C11H16N2O6S/c1-6(14)20-5-9(15)13-4-7(19-11(18)12-2)3-8(13)10(16)17/h7-8H,3-5H2,1-2H3,(H,12,18)(H,16,17)/t7-,8+/m1/s1. The molecule has 0 bridgehead atoms. The van der Waals surface area contributed by atoms with E-state index in [2.05, 4.69) is 5.32 Å². The smallest absolute Gasteiger partial charge is 0.407 e. The Morgan fingerprint density at radius 1 is 1.40 bits per heavy atom. The summed E-state index contributed by atoms with van der Waals surface area (Å²) in [4.78, 5) is 46.1. The first kappa shape index (κ1) is 16.3. The molecule has 1 fully saturated rings. The molecule has 0 spiro atoms. The van der Waals surface area contributed by atoms with Crippen LogP contribution in [0.5, 0.6) is 0 Å². The lowest BCUT2D eigenvalue weighted by Crippen LogP contribution is -2.41. The predicted molar refractivity (Wildman–Crippen MR) is 70.2 cm³/mol. The van der Waals surface area contributed by atoms with Crippen LogP contribution in [0.25, 0.3) is 0 Å². The zero-order valence-electron chi connectivity index (χ0n) is 11.1. The lowest BCUT2D eigenvalue weighted by Gasteiger charge is -2.20. The second kappa shape index (κ2) is 7.13. The van der Waals surface area contributed by atoms with Crippen molar-refractivity contribution in [2.75, 3.05) is 19.3 Å². The van der Waals surface area contributed by atoms with Gasteiger partial charge in [-0.15, -0.1) is 0 Å². The van der Waals surface area contributed by atoms with Crippen LogP contribution in [0.4, 0.5) is 4.79 Å². The van der Waals surface area contributed by atoms with Gasteiger partial charge in [0.1, 0.15) is 12.1 Å². The van der Waals surface area contributed by atoms with Gasteiger partial charge in [-0.2, -0.15) is 0 Å². The van der Waals surface area contributed by atoms with E-state index in [0.29, 0.717) is 0 Å². The first-order valence-corrected chi connectivity index (χ1v) is 6.87.